The Bertz CT molecular complexity index is 469. The molecule has 0 amide bonds. The number of para-hydroxylation sites is 2. The Morgan fingerprint density at radius 2 is 2.11 bits per heavy atom. The van der Waals surface area contributed by atoms with Gasteiger partial charge in [0, 0.05) is 25.2 Å². The molecule has 1 aromatic rings. The van der Waals surface area contributed by atoms with E-state index in [2.05, 4.69) is 35.9 Å². The average Bonchev–Trinajstić information content (AvgIpc) is 2.42. The van der Waals surface area contributed by atoms with E-state index in [1.807, 2.05) is 18.2 Å². The Hall–Kier alpha value is -1.73. The lowest BCUT2D eigenvalue weighted by Crippen LogP contribution is -2.56. The van der Waals surface area contributed by atoms with Crippen LogP contribution in [0.5, 0.6) is 5.75 Å². The van der Waals surface area contributed by atoms with E-state index < -0.39 is 0 Å². The molecule has 0 aromatic heterocycles. The molecule has 0 aliphatic carbocycles. The van der Waals surface area contributed by atoms with E-state index in [0.717, 1.165) is 24.5 Å². The van der Waals surface area contributed by atoms with Gasteiger partial charge in [0.05, 0.1) is 25.3 Å². The number of piperazine rings is 1. The van der Waals surface area contributed by atoms with Crippen LogP contribution in [0.1, 0.15) is 13.3 Å². The molecular formula is C15H21N3O. The number of methoxy groups -OCH3 is 1. The van der Waals surface area contributed by atoms with Gasteiger partial charge in [-0.05, 0) is 26.1 Å². The number of ether oxygens (including phenoxy) is 1. The number of anilines is 1. The highest BCUT2D eigenvalue weighted by Crippen LogP contribution is 2.31. The number of nitriles is 1. The maximum absolute atomic E-state index is 8.94. The Balaban J connectivity index is 2.25. The second-order valence-corrected chi connectivity index (χ2v) is 5.13. The highest BCUT2D eigenvalue weighted by Gasteiger charge is 2.30. The van der Waals surface area contributed by atoms with Gasteiger partial charge in [-0.1, -0.05) is 12.1 Å². The molecule has 1 aliphatic heterocycles. The summed E-state index contributed by atoms with van der Waals surface area (Å²) in [5.41, 5.74) is 1.12. The molecule has 102 valence electrons. The summed E-state index contributed by atoms with van der Waals surface area (Å²) in [6.07, 6.45) is 0.564. The minimum atomic E-state index is 0.283. The molecule has 4 nitrogen and oxygen atoms in total. The van der Waals surface area contributed by atoms with E-state index in [4.69, 9.17) is 10.00 Å². The molecule has 0 saturated carbocycles. The first-order valence-electron chi connectivity index (χ1n) is 6.64. The van der Waals surface area contributed by atoms with Crippen LogP contribution in [0, 0.1) is 11.3 Å². The van der Waals surface area contributed by atoms with Crippen LogP contribution in [0.15, 0.2) is 24.3 Å². The summed E-state index contributed by atoms with van der Waals surface area (Å²) in [4.78, 5) is 4.63. The molecule has 2 atom stereocenters. The van der Waals surface area contributed by atoms with Crippen molar-refractivity contribution in [2.45, 2.75) is 25.4 Å². The van der Waals surface area contributed by atoms with Crippen molar-refractivity contribution in [3.05, 3.63) is 24.3 Å². The Labute approximate surface area is 115 Å². The van der Waals surface area contributed by atoms with Crippen molar-refractivity contribution in [1.82, 2.24) is 4.90 Å². The summed E-state index contributed by atoms with van der Waals surface area (Å²) < 4.78 is 5.45. The first kappa shape index (κ1) is 13.7. The van der Waals surface area contributed by atoms with Crippen molar-refractivity contribution in [3.63, 3.8) is 0 Å². The lowest BCUT2D eigenvalue weighted by Gasteiger charge is -2.44. The minimum Gasteiger partial charge on any atom is -0.495 e. The first-order chi connectivity index (χ1) is 9.17. The smallest absolute Gasteiger partial charge is 0.142 e. The third-order valence-corrected chi connectivity index (χ3v) is 3.84. The number of nitrogens with zero attached hydrogens (tertiary/aromatic N) is 3. The lowest BCUT2D eigenvalue weighted by molar-refractivity contribution is 0.194. The van der Waals surface area contributed by atoms with Crippen LogP contribution in [0.2, 0.25) is 0 Å². The zero-order chi connectivity index (χ0) is 13.8. The SMILES string of the molecule is COc1ccccc1N1CC(CC#N)N(C)CC1C. The second kappa shape index (κ2) is 5.94. The molecule has 1 heterocycles. The zero-order valence-electron chi connectivity index (χ0n) is 11.8. The van der Waals surface area contributed by atoms with Crippen LogP contribution in [0.4, 0.5) is 5.69 Å². The Morgan fingerprint density at radius 1 is 1.37 bits per heavy atom. The molecule has 4 heteroatoms. The fourth-order valence-corrected chi connectivity index (χ4v) is 2.74. The summed E-state index contributed by atoms with van der Waals surface area (Å²) in [7, 11) is 3.80. The molecular weight excluding hydrogens is 238 g/mol. The van der Waals surface area contributed by atoms with Crippen LogP contribution in [-0.4, -0.2) is 44.2 Å². The van der Waals surface area contributed by atoms with Gasteiger partial charge in [-0.15, -0.1) is 0 Å². The Kier molecular flexibility index (Phi) is 4.28. The molecule has 19 heavy (non-hydrogen) atoms. The predicted octanol–water partition coefficient (Wildman–Crippen LogP) is 2.12. The van der Waals surface area contributed by atoms with Gasteiger partial charge in [0.25, 0.3) is 0 Å². The largest absolute Gasteiger partial charge is 0.495 e. The molecule has 0 N–H and O–H groups in total. The normalized spacial score (nSPS) is 24.0. The van der Waals surface area contributed by atoms with Crippen LogP contribution in [0.25, 0.3) is 0 Å². The van der Waals surface area contributed by atoms with Crippen LogP contribution in [-0.2, 0) is 0 Å². The molecule has 1 fully saturated rings. The fourth-order valence-electron chi connectivity index (χ4n) is 2.74. The van der Waals surface area contributed by atoms with E-state index in [1.54, 1.807) is 7.11 Å². The molecule has 1 saturated heterocycles. The molecule has 1 aromatic carbocycles. The van der Waals surface area contributed by atoms with Crippen molar-refractivity contribution in [1.29, 1.82) is 5.26 Å². The van der Waals surface area contributed by atoms with Crippen molar-refractivity contribution >= 4 is 5.69 Å². The van der Waals surface area contributed by atoms with Gasteiger partial charge in [-0.25, -0.2) is 0 Å². The van der Waals surface area contributed by atoms with Gasteiger partial charge < -0.3 is 9.64 Å². The van der Waals surface area contributed by atoms with Crippen LogP contribution < -0.4 is 9.64 Å². The topological polar surface area (TPSA) is 39.5 Å². The molecule has 0 bridgehead atoms. The summed E-state index contributed by atoms with van der Waals surface area (Å²) in [6, 6.07) is 11.1. The number of rotatable bonds is 3. The number of benzene rings is 1. The van der Waals surface area contributed by atoms with Gasteiger partial charge in [0.2, 0.25) is 0 Å². The van der Waals surface area contributed by atoms with Crippen LogP contribution >= 0.6 is 0 Å². The lowest BCUT2D eigenvalue weighted by atomic mass is 10.0. The molecule has 2 unspecified atom stereocenters. The summed E-state index contributed by atoms with van der Waals surface area (Å²) >= 11 is 0. The first-order valence-corrected chi connectivity index (χ1v) is 6.64. The molecule has 0 radical (unpaired) electrons. The average molecular weight is 259 g/mol. The van der Waals surface area contributed by atoms with E-state index in [-0.39, 0.29) is 6.04 Å². The maximum atomic E-state index is 8.94. The van der Waals surface area contributed by atoms with Gasteiger partial charge in [-0.2, -0.15) is 5.26 Å². The van der Waals surface area contributed by atoms with Crippen molar-refractivity contribution in [3.8, 4) is 11.8 Å². The number of likely N-dealkylation sites (N-methyl/N-ethyl adjacent to an activating group) is 1. The van der Waals surface area contributed by atoms with Gasteiger partial charge >= 0.3 is 0 Å². The summed E-state index contributed by atoms with van der Waals surface area (Å²) in [5.74, 6) is 0.898. The third-order valence-electron chi connectivity index (χ3n) is 3.84. The van der Waals surface area contributed by atoms with E-state index in [0.29, 0.717) is 12.5 Å². The van der Waals surface area contributed by atoms with Crippen molar-refractivity contribution in [2.75, 3.05) is 32.1 Å². The molecule has 1 aliphatic rings. The van der Waals surface area contributed by atoms with E-state index in [1.165, 1.54) is 0 Å². The van der Waals surface area contributed by atoms with Crippen molar-refractivity contribution < 1.29 is 4.74 Å². The van der Waals surface area contributed by atoms with Gasteiger partial charge in [-0.3, -0.25) is 4.90 Å². The second-order valence-electron chi connectivity index (χ2n) is 5.13. The Morgan fingerprint density at radius 3 is 2.79 bits per heavy atom. The fraction of sp³-hybridized carbons (Fsp3) is 0.533. The highest BCUT2D eigenvalue weighted by molar-refractivity contribution is 5.59. The van der Waals surface area contributed by atoms with Gasteiger partial charge in [0.15, 0.2) is 0 Å². The molecule has 0 spiro atoms. The number of hydrogen-bond acceptors (Lipinski definition) is 4. The van der Waals surface area contributed by atoms with E-state index in [9.17, 15) is 0 Å². The standard InChI is InChI=1S/C15H21N3O/c1-12-10-17(2)13(8-9-16)11-18(12)14-6-4-5-7-15(14)19-3/h4-7,12-13H,8,10-11H2,1-3H3. The highest BCUT2D eigenvalue weighted by atomic mass is 16.5. The summed E-state index contributed by atoms with van der Waals surface area (Å²) in [5, 5.41) is 8.94. The van der Waals surface area contributed by atoms with Gasteiger partial charge in [0.1, 0.15) is 5.75 Å². The zero-order valence-corrected chi connectivity index (χ0v) is 11.8. The minimum absolute atomic E-state index is 0.283. The van der Waals surface area contributed by atoms with E-state index >= 15 is 0 Å². The monoisotopic (exact) mass is 259 g/mol. The van der Waals surface area contributed by atoms with Crippen molar-refractivity contribution in [2.24, 2.45) is 0 Å². The summed E-state index contributed by atoms with van der Waals surface area (Å²) in [6.45, 7) is 4.04. The quantitative estimate of drug-likeness (QED) is 0.833. The predicted molar refractivity (Wildman–Crippen MR) is 76.5 cm³/mol. The molecule has 2 rings (SSSR count). The maximum Gasteiger partial charge on any atom is 0.142 e. The number of hydrogen-bond donors (Lipinski definition) is 0. The van der Waals surface area contributed by atoms with Crippen LogP contribution in [0.3, 0.4) is 0 Å². The third kappa shape index (κ3) is 2.82.